The highest BCUT2D eigenvalue weighted by atomic mass is 16.3. The third kappa shape index (κ3) is 1.25. The SMILES string of the molecule is CC(C)C(C)C1=CC1N=O. The summed E-state index contributed by atoms with van der Waals surface area (Å²) in [6.07, 6.45) is 1.94. The minimum Gasteiger partial charge on any atom is -0.150 e. The maximum atomic E-state index is 10.0. The fourth-order valence-corrected chi connectivity index (χ4v) is 1.03. The Labute approximate surface area is 61.3 Å². The molecule has 0 amide bonds. The number of hydrogen-bond acceptors (Lipinski definition) is 2. The second-order valence-electron chi connectivity index (χ2n) is 3.25. The molecule has 2 heteroatoms. The lowest BCUT2D eigenvalue weighted by Crippen LogP contribution is -2.04. The van der Waals surface area contributed by atoms with Crippen LogP contribution in [-0.2, 0) is 0 Å². The van der Waals surface area contributed by atoms with Gasteiger partial charge in [-0.3, -0.25) is 0 Å². The second-order valence-corrected chi connectivity index (χ2v) is 3.25. The summed E-state index contributed by atoms with van der Waals surface area (Å²) < 4.78 is 0. The summed E-state index contributed by atoms with van der Waals surface area (Å²) in [5.74, 6) is 1.15. The van der Waals surface area contributed by atoms with Crippen LogP contribution in [0.5, 0.6) is 0 Å². The maximum absolute atomic E-state index is 10.0. The Kier molecular flexibility index (Phi) is 1.88. The van der Waals surface area contributed by atoms with Gasteiger partial charge in [0.2, 0.25) is 0 Å². The molecule has 2 atom stereocenters. The van der Waals surface area contributed by atoms with Crippen molar-refractivity contribution in [3.8, 4) is 0 Å². The second kappa shape index (κ2) is 2.52. The molecule has 1 aliphatic carbocycles. The van der Waals surface area contributed by atoms with Crippen molar-refractivity contribution in [2.45, 2.75) is 26.8 Å². The zero-order chi connectivity index (χ0) is 7.72. The fraction of sp³-hybridized carbons (Fsp3) is 0.750. The predicted octanol–water partition coefficient (Wildman–Crippen LogP) is 2.35. The molecule has 0 saturated carbocycles. The molecule has 56 valence electrons. The summed E-state index contributed by atoms with van der Waals surface area (Å²) in [5, 5.41) is 2.94. The van der Waals surface area contributed by atoms with E-state index in [4.69, 9.17) is 0 Å². The monoisotopic (exact) mass is 139 g/mol. The molecule has 1 aliphatic rings. The summed E-state index contributed by atoms with van der Waals surface area (Å²) in [7, 11) is 0. The Bertz CT molecular complexity index is 172. The van der Waals surface area contributed by atoms with E-state index in [0.717, 1.165) is 0 Å². The van der Waals surface area contributed by atoms with Gasteiger partial charge in [0.15, 0.2) is 0 Å². The van der Waals surface area contributed by atoms with E-state index in [-0.39, 0.29) is 6.04 Å². The molecule has 0 bridgehead atoms. The Hall–Kier alpha value is -0.660. The van der Waals surface area contributed by atoms with Crippen molar-refractivity contribution < 1.29 is 0 Å². The molecular weight excluding hydrogens is 126 g/mol. The lowest BCUT2D eigenvalue weighted by Gasteiger charge is -2.11. The smallest absolute Gasteiger partial charge is 0.132 e. The molecule has 0 radical (unpaired) electrons. The van der Waals surface area contributed by atoms with E-state index >= 15 is 0 Å². The van der Waals surface area contributed by atoms with Crippen molar-refractivity contribution in [1.29, 1.82) is 0 Å². The highest BCUT2D eigenvalue weighted by molar-refractivity contribution is 5.37. The van der Waals surface area contributed by atoms with Crippen LogP contribution in [0.3, 0.4) is 0 Å². The van der Waals surface area contributed by atoms with Crippen LogP contribution in [0, 0.1) is 16.7 Å². The van der Waals surface area contributed by atoms with Gasteiger partial charge in [-0.1, -0.05) is 32.0 Å². The van der Waals surface area contributed by atoms with E-state index in [1.165, 1.54) is 5.57 Å². The lowest BCUT2D eigenvalue weighted by molar-refractivity contribution is 0.485. The highest BCUT2D eigenvalue weighted by Gasteiger charge is 2.31. The van der Waals surface area contributed by atoms with Gasteiger partial charge < -0.3 is 0 Å². The fourth-order valence-electron chi connectivity index (χ4n) is 1.03. The molecule has 2 unspecified atom stereocenters. The molecule has 0 aromatic carbocycles. The van der Waals surface area contributed by atoms with Gasteiger partial charge in [0, 0.05) is 0 Å². The van der Waals surface area contributed by atoms with Gasteiger partial charge >= 0.3 is 0 Å². The van der Waals surface area contributed by atoms with E-state index in [1.807, 2.05) is 6.08 Å². The molecular formula is C8H13NO. The summed E-state index contributed by atoms with van der Waals surface area (Å²) in [4.78, 5) is 10.0. The summed E-state index contributed by atoms with van der Waals surface area (Å²) in [5.41, 5.74) is 1.23. The van der Waals surface area contributed by atoms with Crippen molar-refractivity contribution in [2.24, 2.45) is 17.0 Å². The van der Waals surface area contributed by atoms with Crippen molar-refractivity contribution >= 4 is 0 Å². The van der Waals surface area contributed by atoms with E-state index in [9.17, 15) is 4.91 Å². The molecule has 0 fully saturated rings. The van der Waals surface area contributed by atoms with E-state index in [0.29, 0.717) is 11.8 Å². The first kappa shape index (κ1) is 7.45. The molecule has 0 aromatic rings. The Balaban J connectivity index is 2.39. The van der Waals surface area contributed by atoms with Crippen molar-refractivity contribution in [3.05, 3.63) is 16.6 Å². The van der Waals surface area contributed by atoms with Crippen LogP contribution in [0.15, 0.2) is 16.8 Å². The third-order valence-electron chi connectivity index (χ3n) is 2.22. The van der Waals surface area contributed by atoms with Crippen LogP contribution in [0.4, 0.5) is 0 Å². The van der Waals surface area contributed by atoms with Crippen LogP contribution < -0.4 is 0 Å². The van der Waals surface area contributed by atoms with Crippen LogP contribution in [-0.4, -0.2) is 6.04 Å². The number of nitrogens with zero attached hydrogens (tertiary/aromatic N) is 1. The first-order valence-corrected chi connectivity index (χ1v) is 3.71. The van der Waals surface area contributed by atoms with E-state index in [2.05, 4.69) is 25.9 Å². The third-order valence-corrected chi connectivity index (χ3v) is 2.22. The van der Waals surface area contributed by atoms with E-state index < -0.39 is 0 Å². The van der Waals surface area contributed by atoms with Gasteiger partial charge in [-0.15, -0.1) is 4.91 Å². The van der Waals surface area contributed by atoms with Gasteiger partial charge in [0.05, 0.1) is 0 Å². The van der Waals surface area contributed by atoms with E-state index in [1.54, 1.807) is 0 Å². The van der Waals surface area contributed by atoms with Crippen LogP contribution >= 0.6 is 0 Å². The van der Waals surface area contributed by atoms with Gasteiger partial charge in [-0.2, -0.15) is 0 Å². The van der Waals surface area contributed by atoms with Gasteiger partial charge in [0.1, 0.15) is 6.04 Å². The highest BCUT2D eigenvalue weighted by Crippen LogP contribution is 2.35. The Morgan fingerprint density at radius 3 is 2.40 bits per heavy atom. The summed E-state index contributed by atoms with van der Waals surface area (Å²) in [6.45, 7) is 6.46. The topological polar surface area (TPSA) is 29.4 Å². The summed E-state index contributed by atoms with van der Waals surface area (Å²) in [6, 6.07) is -0.0580. The van der Waals surface area contributed by atoms with Gasteiger partial charge in [0.25, 0.3) is 0 Å². The predicted molar refractivity (Wildman–Crippen MR) is 41.7 cm³/mol. The van der Waals surface area contributed by atoms with Crippen LogP contribution in [0.25, 0.3) is 0 Å². The molecule has 0 aromatic heterocycles. The zero-order valence-corrected chi connectivity index (χ0v) is 6.66. The van der Waals surface area contributed by atoms with Crippen molar-refractivity contribution in [2.75, 3.05) is 0 Å². The first-order chi connectivity index (χ1) is 4.66. The first-order valence-electron chi connectivity index (χ1n) is 3.71. The van der Waals surface area contributed by atoms with Crippen LogP contribution in [0.2, 0.25) is 0 Å². The van der Waals surface area contributed by atoms with Gasteiger partial charge in [-0.05, 0) is 17.4 Å². The number of rotatable bonds is 3. The van der Waals surface area contributed by atoms with Crippen molar-refractivity contribution in [1.82, 2.24) is 0 Å². The molecule has 10 heavy (non-hydrogen) atoms. The molecule has 0 N–H and O–H groups in total. The minimum atomic E-state index is -0.0580. The van der Waals surface area contributed by atoms with Gasteiger partial charge in [-0.25, -0.2) is 0 Å². The largest absolute Gasteiger partial charge is 0.150 e. The summed E-state index contributed by atoms with van der Waals surface area (Å²) >= 11 is 0. The minimum absolute atomic E-state index is 0.0580. The average molecular weight is 139 g/mol. The molecule has 0 heterocycles. The van der Waals surface area contributed by atoms with Crippen molar-refractivity contribution in [3.63, 3.8) is 0 Å². The quantitative estimate of drug-likeness (QED) is 0.436. The number of hydrogen-bond donors (Lipinski definition) is 0. The molecule has 0 saturated heterocycles. The Morgan fingerprint density at radius 1 is 1.50 bits per heavy atom. The molecule has 2 nitrogen and oxygen atoms in total. The number of nitroso groups, excluding NO2 is 1. The average Bonchev–Trinajstić information content (AvgIpc) is 2.64. The Morgan fingerprint density at radius 2 is 2.10 bits per heavy atom. The molecule has 1 rings (SSSR count). The zero-order valence-electron chi connectivity index (χ0n) is 6.66. The molecule has 0 spiro atoms. The maximum Gasteiger partial charge on any atom is 0.132 e. The normalized spacial score (nSPS) is 26.0. The molecule has 0 aliphatic heterocycles. The van der Waals surface area contributed by atoms with Crippen LogP contribution in [0.1, 0.15) is 20.8 Å². The lowest BCUT2D eigenvalue weighted by atomic mass is 9.95. The standard InChI is InChI=1S/C8H13NO/c1-5(2)6(3)7-4-8(7)9-10/h4-6,8H,1-3H3.